The Balaban J connectivity index is 0.000000225. The Bertz CT molecular complexity index is 613. The summed E-state index contributed by atoms with van der Waals surface area (Å²) in [5, 5.41) is 2.50. The first-order valence-electron chi connectivity index (χ1n) is 7.13. The number of carbonyl (C=O) groups is 1. The smallest absolute Gasteiger partial charge is 0.248 e. The minimum absolute atomic E-state index is 0.0625. The van der Waals surface area contributed by atoms with Crippen molar-refractivity contribution < 1.29 is 9.53 Å². The summed E-state index contributed by atoms with van der Waals surface area (Å²) in [5.74, 6) is 0.0625. The first-order chi connectivity index (χ1) is 10.5. The lowest BCUT2D eigenvalue weighted by molar-refractivity contribution is -0.134. The fraction of sp³-hybridized carbons (Fsp3) is 0.353. The molecule has 0 radical (unpaired) electrons. The van der Waals surface area contributed by atoms with Gasteiger partial charge in [-0.05, 0) is 42.8 Å². The van der Waals surface area contributed by atoms with E-state index >= 15 is 0 Å². The van der Waals surface area contributed by atoms with E-state index in [0.29, 0.717) is 0 Å². The molecule has 2 aromatic rings. The van der Waals surface area contributed by atoms with E-state index in [2.05, 4.69) is 56.1 Å². The molecule has 0 bridgehead atoms. The molecule has 0 N–H and O–H groups in total. The third kappa shape index (κ3) is 5.71. The van der Waals surface area contributed by atoms with Crippen molar-refractivity contribution in [2.75, 3.05) is 26.8 Å². The van der Waals surface area contributed by atoms with Crippen molar-refractivity contribution in [1.29, 1.82) is 0 Å². The van der Waals surface area contributed by atoms with E-state index in [0.717, 1.165) is 22.0 Å². The summed E-state index contributed by atoms with van der Waals surface area (Å²) in [6, 6.07) is 12.5. The molecule has 0 heterocycles. The quantitative estimate of drug-likeness (QED) is 0.692. The van der Waals surface area contributed by atoms with E-state index in [4.69, 9.17) is 4.74 Å². The molecule has 0 saturated heterocycles. The average Bonchev–Trinajstić information content (AvgIpc) is 2.49. The van der Waals surface area contributed by atoms with Crippen LogP contribution in [-0.4, -0.2) is 37.6 Å². The van der Waals surface area contributed by atoms with Crippen molar-refractivity contribution in [3.63, 3.8) is 0 Å². The van der Waals surface area contributed by atoms with Gasteiger partial charge in [-0.15, -0.1) is 0 Å². The summed E-state index contributed by atoms with van der Waals surface area (Å²) < 4.78 is 6.96. The van der Waals surface area contributed by atoms with Crippen LogP contribution in [0.4, 0.5) is 0 Å². The molecule has 3 nitrogen and oxygen atoms in total. The molecule has 1 amide bonds. The molecular formula is C17H21Br2NO2. The maximum absolute atomic E-state index is 11.0. The fourth-order valence-electron chi connectivity index (χ4n) is 2.01. The van der Waals surface area contributed by atoms with Gasteiger partial charge in [0.2, 0.25) is 5.91 Å². The van der Waals surface area contributed by atoms with E-state index in [9.17, 15) is 4.79 Å². The Hall–Kier alpha value is -0.910. The van der Waals surface area contributed by atoms with E-state index < -0.39 is 0 Å². The molecule has 0 spiro atoms. The SMILES string of the molecule is Brc1ccc2c(Br)cccc2c1.CCN(CC)C(=O)COC. The highest BCUT2D eigenvalue weighted by Crippen LogP contribution is 2.26. The highest BCUT2D eigenvalue weighted by molar-refractivity contribution is 9.11. The number of likely N-dealkylation sites (N-methyl/N-ethyl adjacent to an activating group) is 1. The Morgan fingerprint density at radius 1 is 1.14 bits per heavy atom. The number of nitrogens with zero attached hydrogens (tertiary/aromatic N) is 1. The largest absolute Gasteiger partial charge is 0.375 e. The number of amides is 1. The number of methoxy groups -OCH3 is 1. The Kier molecular flexibility index (Phi) is 8.68. The van der Waals surface area contributed by atoms with Crippen LogP contribution in [0.5, 0.6) is 0 Å². The highest BCUT2D eigenvalue weighted by Gasteiger charge is 2.06. The molecular weight excluding hydrogens is 410 g/mol. The number of carbonyl (C=O) groups excluding carboxylic acids is 1. The zero-order valence-corrected chi connectivity index (χ0v) is 16.3. The number of rotatable bonds is 4. The van der Waals surface area contributed by atoms with E-state index in [1.54, 1.807) is 4.90 Å². The maximum atomic E-state index is 11.0. The summed E-state index contributed by atoms with van der Waals surface area (Å²) in [7, 11) is 1.53. The lowest BCUT2D eigenvalue weighted by Crippen LogP contribution is -2.33. The van der Waals surface area contributed by atoms with Crippen LogP contribution in [-0.2, 0) is 9.53 Å². The fourth-order valence-corrected chi connectivity index (χ4v) is 2.90. The molecule has 0 aromatic heterocycles. The van der Waals surface area contributed by atoms with Crippen LogP contribution in [0.1, 0.15) is 13.8 Å². The monoisotopic (exact) mass is 429 g/mol. The molecule has 0 aliphatic rings. The molecule has 0 aliphatic heterocycles. The Labute approximate surface area is 148 Å². The van der Waals surface area contributed by atoms with Crippen molar-refractivity contribution >= 4 is 48.5 Å². The van der Waals surface area contributed by atoms with Crippen molar-refractivity contribution in [3.05, 3.63) is 45.3 Å². The van der Waals surface area contributed by atoms with Crippen molar-refractivity contribution in [2.45, 2.75) is 13.8 Å². The normalized spacial score (nSPS) is 10.0. The van der Waals surface area contributed by atoms with Gasteiger partial charge in [-0.2, -0.15) is 0 Å². The predicted octanol–water partition coefficient (Wildman–Crippen LogP) is 4.87. The third-order valence-corrected chi connectivity index (χ3v) is 4.36. The molecule has 22 heavy (non-hydrogen) atoms. The molecule has 0 saturated carbocycles. The minimum atomic E-state index is 0.0625. The van der Waals surface area contributed by atoms with Crippen LogP contribution >= 0.6 is 31.9 Å². The molecule has 2 rings (SSSR count). The number of halogens is 2. The van der Waals surface area contributed by atoms with Crippen LogP contribution in [0.15, 0.2) is 45.3 Å². The number of hydrogen-bond donors (Lipinski definition) is 0. The highest BCUT2D eigenvalue weighted by atomic mass is 79.9. The second kappa shape index (κ2) is 9.98. The lowest BCUT2D eigenvalue weighted by Gasteiger charge is -2.17. The Morgan fingerprint density at radius 2 is 1.82 bits per heavy atom. The summed E-state index contributed by atoms with van der Waals surface area (Å²) in [4.78, 5) is 12.7. The topological polar surface area (TPSA) is 29.5 Å². The molecule has 0 aliphatic carbocycles. The first kappa shape index (κ1) is 19.1. The van der Waals surface area contributed by atoms with Gasteiger partial charge in [-0.25, -0.2) is 0 Å². The van der Waals surface area contributed by atoms with Crippen molar-refractivity contribution in [2.24, 2.45) is 0 Å². The van der Waals surface area contributed by atoms with E-state index in [-0.39, 0.29) is 12.5 Å². The third-order valence-electron chi connectivity index (χ3n) is 3.17. The number of benzene rings is 2. The van der Waals surface area contributed by atoms with Crippen LogP contribution in [0.2, 0.25) is 0 Å². The lowest BCUT2D eigenvalue weighted by atomic mass is 10.1. The van der Waals surface area contributed by atoms with Gasteiger partial charge in [-0.1, -0.05) is 50.1 Å². The standard InChI is InChI=1S/C10H6Br2.C7H15NO2/c11-8-4-5-9-7(6-8)2-1-3-10(9)12;1-4-8(5-2)7(9)6-10-3/h1-6H;4-6H2,1-3H3. The second-order valence-electron chi connectivity index (χ2n) is 4.60. The van der Waals surface area contributed by atoms with Crippen molar-refractivity contribution in [3.8, 4) is 0 Å². The summed E-state index contributed by atoms with van der Waals surface area (Å²) >= 11 is 6.95. The molecule has 2 aromatic carbocycles. The molecule has 5 heteroatoms. The molecule has 0 unspecified atom stereocenters. The predicted molar refractivity (Wildman–Crippen MR) is 99.2 cm³/mol. The number of ether oxygens (including phenoxy) is 1. The summed E-state index contributed by atoms with van der Waals surface area (Å²) in [5.41, 5.74) is 0. The molecule has 120 valence electrons. The number of hydrogen-bond acceptors (Lipinski definition) is 2. The van der Waals surface area contributed by atoms with Crippen LogP contribution in [0.25, 0.3) is 10.8 Å². The van der Waals surface area contributed by atoms with Gasteiger partial charge in [-0.3, -0.25) is 4.79 Å². The second-order valence-corrected chi connectivity index (χ2v) is 6.37. The van der Waals surface area contributed by atoms with Crippen LogP contribution in [0, 0.1) is 0 Å². The summed E-state index contributed by atoms with van der Waals surface area (Å²) in [6.07, 6.45) is 0. The average molecular weight is 431 g/mol. The van der Waals surface area contributed by atoms with Crippen molar-refractivity contribution in [1.82, 2.24) is 4.90 Å². The first-order valence-corrected chi connectivity index (χ1v) is 8.72. The maximum Gasteiger partial charge on any atom is 0.248 e. The van der Waals surface area contributed by atoms with Crippen LogP contribution < -0.4 is 0 Å². The Morgan fingerprint density at radius 3 is 2.41 bits per heavy atom. The van der Waals surface area contributed by atoms with E-state index in [1.807, 2.05) is 26.0 Å². The molecule has 0 atom stereocenters. The van der Waals surface area contributed by atoms with E-state index in [1.165, 1.54) is 17.9 Å². The van der Waals surface area contributed by atoms with Gasteiger partial charge >= 0.3 is 0 Å². The number of fused-ring (bicyclic) bond motifs is 1. The zero-order chi connectivity index (χ0) is 16.5. The van der Waals surface area contributed by atoms with Gasteiger partial charge in [0, 0.05) is 29.1 Å². The summed E-state index contributed by atoms with van der Waals surface area (Å²) in [6.45, 7) is 5.63. The van der Waals surface area contributed by atoms with Gasteiger partial charge in [0.05, 0.1) is 0 Å². The zero-order valence-electron chi connectivity index (χ0n) is 13.1. The van der Waals surface area contributed by atoms with Crippen LogP contribution in [0.3, 0.4) is 0 Å². The van der Waals surface area contributed by atoms with Gasteiger partial charge in [0.15, 0.2) is 0 Å². The minimum Gasteiger partial charge on any atom is -0.375 e. The van der Waals surface area contributed by atoms with Gasteiger partial charge < -0.3 is 9.64 Å². The van der Waals surface area contributed by atoms with Gasteiger partial charge in [0.1, 0.15) is 6.61 Å². The molecule has 0 fully saturated rings. The van der Waals surface area contributed by atoms with Gasteiger partial charge in [0.25, 0.3) is 0 Å².